The van der Waals surface area contributed by atoms with E-state index in [1.165, 1.54) is 0 Å². The van der Waals surface area contributed by atoms with E-state index >= 15 is 0 Å². The standard InChI is InChI=1S/C13H15N3O6/c14-12-3-1-2-11(12)13(17)22-7-8-4-9(15(18)19)6-10(5-8)16(20)21/h4-6,11-12H,1-3,7,14H2/t11-,12-/m1/s1. The quantitative estimate of drug-likeness (QED) is 0.495. The van der Waals surface area contributed by atoms with Crippen LogP contribution in [0.15, 0.2) is 18.2 Å². The number of nitrogens with zero attached hydrogens (tertiary/aromatic N) is 2. The lowest BCUT2D eigenvalue weighted by Crippen LogP contribution is -2.31. The Hall–Kier alpha value is -2.55. The van der Waals surface area contributed by atoms with Crippen molar-refractivity contribution in [3.8, 4) is 0 Å². The summed E-state index contributed by atoms with van der Waals surface area (Å²) < 4.78 is 5.09. The van der Waals surface area contributed by atoms with Crippen molar-refractivity contribution < 1.29 is 19.4 Å². The summed E-state index contributed by atoms with van der Waals surface area (Å²) in [7, 11) is 0. The Kier molecular flexibility index (Phi) is 4.66. The molecule has 118 valence electrons. The van der Waals surface area contributed by atoms with Crippen molar-refractivity contribution in [2.45, 2.75) is 31.9 Å². The van der Waals surface area contributed by atoms with Gasteiger partial charge in [-0.2, -0.15) is 0 Å². The molecule has 2 rings (SSSR count). The highest BCUT2D eigenvalue weighted by atomic mass is 16.6. The van der Waals surface area contributed by atoms with Crippen LogP contribution in [0.5, 0.6) is 0 Å². The minimum Gasteiger partial charge on any atom is -0.461 e. The minimum absolute atomic E-state index is 0.195. The zero-order valence-corrected chi connectivity index (χ0v) is 11.6. The highest BCUT2D eigenvalue weighted by molar-refractivity contribution is 5.73. The van der Waals surface area contributed by atoms with Gasteiger partial charge < -0.3 is 10.5 Å². The lowest BCUT2D eigenvalue weighted by Gasteiger charge is -2.14. The number of nitrogens with two attached hydrogens (primary N) is 1. The summed E-state index contributed by atoms with van der Waals surface area (Å²) in [4.78, 5) is 32.0. The molecule has 0 aliphatic heterocycles. The molecule has 1 fully saturated rings. The molecule has 22 heavy (non-hydrogen) atoms. The van der Waals surface area contributed by atoms with Crippen LogP contribution in [0.3, 0.4) is 0 Å². The van der Waals surface area contributed by atoms with Gasteiger partial charge in [0.2, 0.25) is 0 Å². The van der Waals surface area contributed by atoms with Crippen LogP contribution in [-0.2, 0) is 16.1 Å². The number of ether oxygens (including phenoxy) is 1. The number of benzene rings is 1. The van der Waals surface area contributed by atoms with Crippen molar-refractivity contribution >= 4 is 17.3 Å². The normalized spacial score (nSPS) is 20.6. The zero-order valence-electron chi connectivity index (χ0n) is 11.6. The van der Waals surface area contributed by atoms with Gasteiger partial charge in [0.15, 0.2) is 0 Å². The predicted octanol–water partition coefficient (Wildman–Crippen LogP) is 1.67. The fourth-order valence-electron chi connectivity index (χ4n) is 2.49. The first kappa shape index (κ1) is 15.8. The maximum atomic E-state index is 11.9. The molecule has 1 aliphatic rings. The average molecular weight is 309 g/mol. The number of hydrogen-bond acceptors (Lipinski definition) is 7. The number of hydrogen-bond donors (Lipinski definition) is 1. The van der Waals surface area contributed by atoms with Gasteiger partial charge in [0, 0.05) is 23.7 Å². The average Bonchev–Trinajstić information content (AvgIpc) is 2.90. The van der Waals surface area contributed by atoms with Crippen LogP contribution >= 0.6 is 0 Å². The highest BCUT2D eigenvalue weighted by Gasteiger charge is 2.31. The maximum absolute atomic E-state index is 11.9. The number of nitro benzene ring substituents is 2. The molecule has 1 aromatic rings. The molecule has 2 N–H and O–H groups in total. The Morgan fingerprint density at radius 3 is 2.23 bits per heavy atom. The molecular formula is C13H15N3O6. The lowest BCUT2D eigenvalue weighted by atomic mass is 10.1. The summed E-state index contributed by atoms with van der Waals surface area (Å²) in [5.41, 5.74) is 5.15. The first-order valence-electron chi connectivity index (χ1n) is 6.73. The number of nitro groups is 2. The predicted molar refractivity (Wildman–Crippen MR) is 74.9 cm³/mol. The molecule has 1 aliphatic carbocycles. The summed E-state index contributed by atoms with van der Waals surface area (Å²) in [6.45, 7) is -0.259. The molecule has 1 saturated carbocycles. The topological polar surface area (TPSA) is 139 Å². The van der Waals surface area contributed by atoms with Crippen molar-refractivity contribution in [1.82, 2.24) is 0 Å². The summed E-state index contributed by atoms with van der Waals surface area (Å²) in [6.07, 6.45) is 2.25. The first-order valence-corrected chi connectivity index (χ1v) is 6.73. The monoisotopic (exact) mass is 309 g/mol. The van der Waals surface area contributed by atoms with Crippen LogP contribution in [-0.4, -0.2) is 21.9 Å². The molecule has 0 aromatic heterocycles. The van der Waals surface area contributed by atoms with Crippen LogP contribution in [0.1, 0.15) is 24.8 Å². The van der Waals surface area contributed by atoms with Crippen molar-refractivity contribution in [3.05, 3.63) is 44.0 Å². The Bertz CT molecular complexity index is 586. The number of rotatable bonds is 5. The molecule has 0 radical (unpaired) electrons. The van der Waals surface area contributed by atoms with Gasteiger partial charge in [-0.05, 0) is 12.8 Å². The van der Waals surface area contributed by atoms with Gasteiger partial charge in [-0.15, -0.1) is 0 Å². The summed E-state index contributed by atoms with van der Waals surface area (Å²) in [5.74, 6) is -0.854. The fourth-order valence-corrected chi connectivity index (χ4v) is 2.49. The van der Waals surface area contributed by atoms with E-state index in [2.05, 4.69) is 0 Å². The van der Waals surface area contributed by atoms with Crippen molar-refractivity contribution in [2.75, 3.05) is 0 Å². The fraction of sp³-hybridized carbons (Fsp3) is 0.462. The van der Waals surface area contributed by atoms with E-state index in [0.717, 1.165) is 31.0 Å². The Morgan fingerprint density at radius 1 is 1.18 bits per heavy atom. The molecule has 9 heteroatoms. The van der Waals surface area contributed by atoms with Gasteiger partial charge in [0.1, 0.15) is 6.61 Å². The second-order valence-electron chi connectivity index (χ2n) is 5.18. The molecule has 0 amide bonds. The van der Waals surface area contributed by atoms with E-state index in [1.807, 2.05) is 0 Å². The van der Waals surface area contributed by atoms with E-state index < -0.39 is 27.2 Å². The minimum atomic E-state index is -0.731. The third kappa shape index (κ3) is 3.55. The molecule has 9 nitrogen and oxygen atoms in total. The second-order valence-corrected chi connectivity index (χ2v) is 5.18. The smallest absolute Gasteiger partial charge is 0.310 e. The third-order valence-electron chi connectivity index (χ3n) is 3.64. The van der Waals surface area contributed by atoms with Gasteiger partial charge in [-0.25, -0.2) is 0 Å². The van der Waals surface area contributed by atoms with Gasteiger partial charge in [-0.1, -0.05) is 6.42 Å². The van der Waals surface area contributed by atoms with Crippen LogP contribution in [0.4, 0.5) is 11.4 Å². The Morgan fingerprint density at radius 2 is 1.77 bits per heavy atom. The summed E-state index contributed by atoms with van der Waals surface area (Å²) in [5, 5.41) is 21.6. The van der Waals surface area contributed by atoms with Crippen LogP contribution in [0.2, 0.25) is 0 Å². The van der Waals surface area contributed by atoms with Gasteiger partial charge >= 0.3 is 5.97 Å². The summed E-state index contributed by atoms with van der Waals surface area (Å²) >= 11 is 0. The SMILES string of the molecule is N[C@@H]1CCC[C@H]1C(=O)OCc1cc([N+](=O)[O-])cc([N+](=O)[O-])c1. The molecule has 1 aromatic carbocycles. The van der Waals surface area contributed by atoms with Gasteiger partial charge in [0.05, 0.1) is 21.8 Å². The van der Waals surface area contributed by atoms with E-state index in [-0.39, 0.29) is 24.1 Å². The second kappa shape index (κ2) is 6.48. The molecule has 0 saturated heterocycles. The van der Waals surface area contributed by atoms with Gasteiger partial charge in [0.25, 0.3) is 11.4 Å². The van der Waals surface area contributed by atoms with E-state index in [1.54, 1.807) is 0 Å². The number of non-ortho nitro benzene ring substituents is 2. The highest BCUT2D eigenvalue weighted by Crippen LogP contribution is 2.27. The van der Waals surface area contributed by atoms with Crippen molar-refractivity contribution in [2.24, 2.45) is 11.7 Å². The zero-order chi connectivity index (χ0) is 16.3. The molecule has 0 heterocycles. The van der Waals surface area contributed by atoms with E-state index in [0.29, 0.717) is 6.42 Å². The van der Waals surface area contributed by atoms with Gasteiger partial charge in [-0.3, -0.25) is 25.0 Å². The number of carbonyl (C=O) groups is 1. The maximum Gasteiger partial charge on any atom is 0.310 e. The first-order chi connectivity index (χ1) is 10.4. The molecule has 0 spiro atoms. The molecule has 2 atom stereocenters. The number of esters is 1. The van der Waals surface area contributed by atoms with Crippen LogP contribution < -0.4 is 5.73 Å². The van der Waals surface area contributed by atoms with Crippen molar-refractivity contribution in [1.29, 1.82) is 0 Å². The Labute approximate surface area is 125 Å². The van der Waals surface area contributed by atoms with E-state index in [9.17, 15) is 25.0 Å². The van der Waals surface area contributed by atoms with E-state index in [4.69, 9.17) is 10.5 Å². The largest absolute Gasteiger partial charge is 0.461 e. The Balaban J connectivity index is 2.10. The number of carbonyl (C=O) groups excluding carboxylic acids is 1. The lowest BCUT2D eigenvalue weighted by molar-refractivity contribution is -0.394. The summed E-state index contributed by atoms with van der Waals surface area (Å²) in [6, 6.07) is 2.91. The van der Waals surface area contributed by atoms with Crippen LogP contribution in [0.25, 0.3) is 0 Å². The molecule has 0 unspecified atom stereocenters. The molecule has 0 bridgehead atoms. The third-order valence-corrected chi connectivity index (χ3v) is 3.64. The van der Waals surface area contributed by atoms with Crippen molar-refractivity contribution in [3.63, 3.8) is 0 Å². The van der Waals surface area contributed by atoms with Crippen LogP contribution in [0, 0.1) is 26.1 Å². The molecular weight excluding hydrogens is 294 g/mol.